The molecule has 2 aromatic carbocycles. The summed E-state index contributed by atoms with van der Waals surface area (Å²) in [6.07, 6.45) is 3.46. The number of sulfone groups is 1. The van der Waals surface area contributed by atoms with Gasteiger partial charge in [0.15, 0.2) is 6.29 Å². The van der Waals surface area contributed by atoms with Crippen molar-refractivity contribution in [2.45, 2.75) is 18.9 Å². The maximum atomic E-state index is 12.7. The van der Waals surface area contributed by atoms with E-state index in [1.165, 1.54) is 10.9 Å². The van der Waals surface area contributed by atoms with Gasteiger partial charge in [-0.3, -0.25) is 0 Å². The molecule has 0 unspecified atom stereocenters. The number of halogens is 2. The minimum Gasteiger partial charge on any atom is -0.489 e. The average molecular weight is 676 g/mol. The standard InChI is InChI=1S/C30H32Cl2N6O6S/c1-45(40,41)15-14-38-30(39)37(20-34-38)23-5-3-22(4-6-23)35-10-12-36(13-11-35)28-9-7-24(17-33-28)42-18-25-19-43-29(44-25)26-8-2-21(31)16-27(26)32/h2-9,16-17,20,25,29H,10-15,18-19H2,1H3/t25-,29-/m1/s1. The second-order valence-electron chi connectivity index (χ2n) is 10.9. The lowest BCUT2D eigenvalue weighted by Crippen LogP contribution is -2.46. The summed E-state index contributed by atoms with van der Waals surface area (Å²) in [5.41, 5.74) is 2.07. The Kier molecular flexibility index (Phi) is 9.33. The molecule has 2 fully saturated rings. The number of aryl methyl sites for hydroxylation is 1. The maximum Gasteiger partial charge on any atom is 0.350 e. The Morgan fingerprint density at radius 1 is 0.978 bits per heavy atom. The molecule has 0 N–H and O–H groups in total. The second kappa shape index (κ2) is 13.4. The molecule has 2 atom stereocenters. The fourth-order valence-electron chi connectivity index (χ4n) is 5.16. The number of aromatic nitrogens is 4. The Hall–Kier alpha value is -3.62. The van der Waals surface area contributed by atoms with E-state index in [0.29, 0.717) is 34.7 Å². The van der Waals surface area contributed by atoms with Crippen LogP contribution in [-0.4, -0.2) is 85.3 Å². The van der Waals surface area contributed by atoms with Crippen LogP contribution >= 0.6 is 23.2 Å². The van der Waals surface area contributed by atoms with Gasteiger partial charge in [-0.25, -0.2) is 27.4 Å². The molecule has 2 aliphatic heterocycles. The molecule has 0 amide bonds. The van der Waals surface area contributed by atoms with E-state index in [2.05, 4.69) is 19.9 Å². The lowest BCUT2D eigenvalue weighted by atomic mass is 10.2. The monoisotopic (exact) mass is 674 g/mol. The molecule has 4 heterocycles. The van der Waals surface area contributed by atoms with Crippen molar-refractivity contribution in [2.75, 3.05) is 61.2 Å². The molecular weight excluding hydrogens is 643 g/mol. The van der Waals surface area contributed by atoms with Crippen molar-refractivity contribution in [3.63, 3.8) is 0 Å². The first-order valence-electron chi connectivity index (χ1n) is 14.4. The zero-order valence-corrected chi connectivity index (χ0v) is 26.8. The average Bonchev–Trinajstić information content (AvgIpc) is 3.65. The van der Waals surface area contributed by atoms with Crippen LogP contribution in [-0.2, 0) is 25.9 Å². The SMILES string of the molecule is CS(=O)(=O)CCn1ncn(-c2ccc(N3CCN(c4ccc(OC[C@@H]5CO[C@@H](c6ccc(Cl)cc6Cl)O5)cn4)CC3)cc2)c1=O. The predicted molar refractivity (Wildman–Crippen MR) is 172 cm³/mol. The number of rotatable bonds is 10. The van der Waals surface area contributed by atoms with Gasteiger partial charge in [-0.05, 0) is 48.5 Å². The minimum atomic E-state index is -3.19. The summed E-state index contributed by atoms with van der Waals surface area (Å²) in [5.74, 6) is 1.38. The van der Waals surface area contributed by atoms with Crippen LogP contribution in [0.4, 0.5) is 11.5 Å². The van der Waals surface area contributed by atoms with Crippen molar-refractivity contribution in [3.05, 3.63) is 93.2 Å². The number of hydrogen-bond acceptors (Lipinski definition) is 10. The summed E-state index contributed by atoms with van der Waals surface area (Å²) in [5, 5.41) is 5.10. The van der Waals surface area contributed by atoms with E-state index in [1.807, 2.05) is 36.4 Å². The van der Waals surface area contributed by atoms with Gasteiger partial charge in [-0.1, -0.05) is 29.3 Å². The molecule has 2 saturated heterocycles. The van der Waals surface area contributed by atoms with Gasteiger partial charge in [0.1, 0.15) is 40.4 Å². The fraction of sp³-hybridized carbons (Fsp3) is 0.367. The Bertz CT molecular complexity index is 1790. The van der Waals surface area contributed by atoms with Gasteiger partial charge in [0, 0.05) is 48.7 Å². The molecule has 0 aliphatic carbocycles. The molecule has 6 rings (SSSR count). The number of nitrogens with zero attached hydrogens (tertiary/aromatic N) is 6. The van der Waals surface area contributed by atoms with Crippen molar-refractivity contribution in [1.29, 1.82) is 0 Å². The first-order chi connectivity index (χ1) is 21.6. The molecule has 0 bridgehead atoms. The van der Waals surface area contributed by atoms with Gasteiger partial charge in [0.25, 0.3) is 0 Å². The molecule has 238 valence electrons. The van der Waals surface area contributed by atoms with Crippen molar-refractivity contribution >= 4 is 44.5 Å². The summed E-state index contributed by atoms with van der Waals surface area (Å²) in [7, 11) is -3.19. The highest BCUT2D eigenvalue weighted by Crippen LogP contribution is 2.33. The van der Waals surface area contributed by atoms with E-state index < -0.39 is 16.1 Å². The molecule has 45 heavy (non-hydrogen) atoms. The van der Waals surface area contributed by atoms with Crippen LogP contribution in [0.5, 0.6) is 5.75 Å². The Balaban J connectivity index is 0.973. The fourth-order valence-corrected chi connectivity index (χ4v) is 6.17. The number of benzene rings is 2. The Labute approximate surface area is 270 Å². The zero-order chi connectivity index (χ0) is 31.6. The van der Waals surface area contributed by atoms with Gasteiger partial charge < -0.3 is 24.0 Å². The van der Waals surface area contributed by atoms with E-state index in [9.17, 15) is 13.2 Å². The van der Waals surface area contributed by atoms with Gasteiger partial charge in [0.2, 0.25) is 0 Å². The van der Waals surface area contributed by atoms with Gasteiger partial charge >= 0.3 is 5.69 Å². The van der Waals surface area contributed by atoms with Crippen molar-refractivity contribution in [1.82, 2.24) is 19.3 Å². The van der Waals surface area contributed by atoms with Crippen molar-refractivity contribution in [2.24, 2.45) is 0 Å². The third kappa shape index (κ3) is 7.61. The van der Waals surface area contributed by atoms with Gasteiger partial charge in [0.05, 0.1) is 35.8 Å². The minimum absolute atomic E-state index is 0.0186. The van der Waals surface area contributed by atoms with Crippen molar-refractivity contribution in [3.8, 4) is 11.4 Å². The van der Waals surface area contributed by atoms with Crippen LogP contribution in [0.1, 0.15) is 11.9 Å². The van der Waals surface area contributed by atoms with Gasteiger partial charge in [-0.2, -0.15) is 5.10 Å². The third-order valence-corrected chi connectivity index (χ3v) is 9.11. The highest BCUT2D eigenvalue weighted by Gasteiger charge is 2.29. The predicted octanol–water partition coefficient (Wildman–Crippen LogP) is 3.60. The van der Waals surface area contributed by atoms with Crippen LogP contribution in [0.2, 0.25) is 10.0 Å². The van der Waals surface area contributed by atoms with Crippen LogP contribution in [0.3, 0.4) is 0 Å². The summed E-state index contributed by atoms with van der Waals surface area (Å²) < 4.78 is 43.1. The van der Waals surface area contributed by atoms with E-state index in [4.69, 9.17) is 37.4 Å². The molecular formula is C30H32Cl2N6O6S. The van der Waals surface area contributed by atoms with Crippen LogP contribution in [0, 0.1) is 0 Å². The van der Waals surface area contributed by atoms with Crippen molar-refractivity contribution < 1.29 is 22.6 Å². The normalized spacial score (nSPS) is 18.8. The van der Waals surface area contributed by atoms with E-state index in [-0.39, 0.29) is 24.1 Å². The molecule has 2 aliphatic rings. The number of ether oxygens (including phenoxy) is 3. The molecule has 0 spiro atoms. The van der Waals surface area contributed by atoms with Crippen LogP contribution in [0.15, 0.2) is 71.9 Å². The topological polar surface area (TPSA) is 121 Å². The number of piperazine rings is 1. The third-order valence-electron chi connectivity index (χ3n) is 7.63. The van der Waals surface area contributed by atoms with Crippen LogP contribution in [0.25, 0.3) is 5.69 Å². The molecule has 4 aromatic rings. The molecule has 15 heteroatoms. The lowest BCUT2D eigenvalue weighted by molar-refractivity contribution is -0.0658. The number of pyridine rings is 1. The molecule has 0 radical (unpaired) electrons. The summed E-state index contributed by atoms with van der Waals surface area (Å²) >= 11 is 12.3. The van der Waals surface area contributed by atoms with Gasteiger partial charge in [-0.15, -0.1) is 0 Å². The lowest BCUT2D eigenvalue weighted by Gasteiger charge is -2.36. The second-order valence-corrected chi connectivity index (χ2v) is 14.0. The van der Waals surface area contributed by atoms with Crippen LogP contribution < -0.4 is 20.2 Å². The molecule has 12 nitrogen and oxygen atoms in total. The number of hydrogen-bond donors (Lipinski definition) is 0. The quantitative estimate of drug-likeness (QED) is 0.247. The first-order valence-corrected chi connectivity index (χ1v) is 17.2. The van der Waals surface area contributed by atoms with E-state index >= 15 is 0 Å². The maximum absolute atomic E-state index is 12.7. The smallest absolute Gasteiger partial charge is 0.350 e. The van der Waals surface area contributed by atoms with E-state index in [0.717, 1.165) is 54.2 Å². The highest BCUT2D eigenvalue weighted by molar-refractivity contribution is 7.90. The Morgan fingerprint density at radius 3 is 2.40 bits per heavy atom. The largest absolute Gasteiger partial charge is 0.489 e. The number of anilines is 2. The summed E-state index contributed by atoms with van der Waals surface area (Å²) in [6, 6.07) is 16.7. The summed E-state index contributed by atoms with van der Waals surface area (Å²) in [4.78, 5) is 21.8. The Morgan fingerprint density at radius 2 is 1.71 bits per heavy atom. The van der Waals surface area contributed by atoms with E-state index in [1.54, 1.807) is 24.4 Å². The summed E-state index contributed by atoms with van der Waals surface area (Å²) in [6.45, 7) is 3.93. The molecule has 0 saturated carbocycles. The highest BCUT2D eigenvalue weighted by atomic mass is 35.5. The zero-order valence-electron chi connectivity index (χ0n) is 24.5. The molecule has 2 aromatic heterocycles. The first kappa shape index (κ1) is 31.4.